The molecule has 8 heteroatoms. The number of carbonyl (C=O) groups is 1. The lowest BCUT2D eigenvalue weighted by molar-refractivity contribution is 0.0603. The van der Waals surface area contributed by atoms with E-state index in [0.29, 0.717) is 42.2 Å². The Morgan fingerprint density at radius 3 is 2.96 bits per heavy atom. The van der Waals surface area contributed by atoms with Crippen molar-refractivity contribution in [3.8, 4) is 0 Å². The molecule has 1 saturated carbocycles. The van der Waals surface area contributed by atoms with Crippen LogP contribution in [0.4, 0.5) is 0 Å². The number of likely N-dealkylation sites (tertiary alicyclic amines) is 1. The smallest absolute Gasteiger partial charge is 0.257 e. The topological polar surface area (TPSA) is 86.3 Å². The predicted octanol–water partition coefficient (Wildman–Crippen LogP) is 1.40. The molecule has 5 rings (SSSR count). The van der Waals surface area contributed by atoms with E-state index in [0.717, 1.165) is 38.2 Å². The third-order valence-corrected chi connectivity index (χ3v) is 5.82. The van der Waals surface area contributed by atoms with Gasteiger partial charge < -0.3 is 14.1 Å². The van der Waals surface area contributed by atoms with Gasteiger partial charge in [-0.1, -0.05) is 0 Å². The Bertz CT molecular complexity index is 811. The van der Waals surface area contributed by atoms with Gasteiger partial charge in [-0.2, -0.15) is 5.10 Å². The second-order valence-electron chi connectivity index (χ2n) is 7.75. The molecule has 0 radical (unpaired) electrons. The Morgan fingerprint density at radius 2 is 2.19 bits per heavy atom. The number of aromatic nitrogens is 4. The summed E-state index contributed by atoms with van der Waals surface area (Å²) in [4.78, 5) is 14.6. The van der Waals surface area contributed by atoms with Gasteiger partial charge in [0, 0.05) is 38.2 Å². The largest absolute Gasteiger partial charge is 0.425 e. The van der Waals surface area contributed by atoms with Gasteiger partial charge in [0.2, 0.25) is 11.8 Å². The second kappa shape index (κ2) is 6.19. The molecule has 0 bridgehead atoms. The lowest BCUT2D eigenvalue weighted by Gasteiger charge is -2.35. The van der Waals surface area contributed by atoms with E-state index in [9.17, 15) is 4.79 Å². The minimum absolute atomic E-state index is 0.0611. The zero-order valence-electron chi connectivity index (χ0n) is 14.9. The molecule has 3 atom stereocenters. The molecule has 2 aliphatic heterocycles. The van der Waals surface area contributed by atoms with E-state index in [1.165, 1.54) is 0 Å². The Kier molecular flexibility index (Phi) is 3.81. The van der Waals surface area contributed by atoms with E-state index in [2.05, 4.69) is 15.3 Å². The van der Waals surface area contributed by atoms with Crippen LogP contribution in [0.2, 0.25) is 0 Å². The van der Waals surface area contributed by atoms with Crippen LogP contribution in [-0.4, -0.2) is 56.6 Å². The first kappa shape index (κ1) is 16.0. The highest BCUT2D eigenvalue weighted by Crippen LogP contribution is 2.40. The molecular formula is C18H23N5O3. The van der Waals surface area contributed by atoms with E-state index in [-0.39, 0.29) is 12.0 Å². The van der Waals surface area contributed by atoms with Gasteiger partial charge >= 0.3 is 0 Å². The van der Waals surface area contributed by atoms with Crippen LogP contribution < -0.4 is 0 Å². The summed E-state index contributed by atoms with van der Waals surface area (Å²) in [6, 6.07) is 0. The Morgan fingerprint density at radius 1 is 1.31 bits per heavy atom. The monoisotopic (exact) mass is 357 g/mol. The number of nitrogens with zero attached hydrogens (tertiary/aromatic N) is 5. The number of carbonyl (C=O) groups excluding carboxylic acids is 1. The maximum atomic E-state index is 12.6. The summed E-state index contributed by atoms with van der Waals surface area (Å²) in [6.45, 7) is 2.19. The number of fused-ring (bicyclic) bond motifs is 1. The molecule has 0 spiro atoms. The maximum absolute atomic E-state index is 12.6. The number of rotatable bonds is 4. The van der Waals surface area contributed by atoms with Crippen molar-refractivity contribution in [2.24, 2.45) is 18.9 Å². The Hall–Kier alpha value is -2.22. The number of ether oxygens (including phenoxy) is 1. The normalized spacial score (nSPS) is 28.3. The minimum Gasteiger partial charge on any atom is -0.425 e. The van der Waals surface area contributed by atoms with Gasteiger partial charge in [0.25, 0.3) is 5.91 Å². The van der Waals surface area contributed by atoms with Crippen molar-refractivity contribution in [3.05, 3.63) is 29.7 Å². The minimum atomic E-state index is 0.0611. The SMILES string of the molecule is Cn1cc(C(=O)N2CC[C@@H]3[C@@H](CO[C@H]3Cc3nnc(C4CC4)o3)C2)cn1. The lowest BCUT2D eigenvalue weighted by Crippen LogP contribution is -2.44. The summed E-state index contributed by atoms with van der Waals surface area (Å²) in [5.41, 5.74) is 0.653. The molecule has 0 N–H and O–H groups in total. The Labute approximate surface area is 151 Å². The molecule has 3 aliphatic rings. The van der Waals surface area contributed by atoms with Crippen molar-refractivity contribution in [2.45, 2.75) is 37.7 Å². The standard InChI is InChI=1S/C18H23N5O3/c1-22-8-12(7-19-22)18(24)23-5-4-14-13(9-23)10-25-15(14)6-16-20-21-17(26-16)11-2-3-11/h7-8,11,13-15H,2-6,9-10H2,1H3/t13-,14-,15+/m1/s1. The molecule has 1 aliphatic carbocycles. The summed E-state index contributed by atoms with van der Waals surface area (Å²) < 4.78 is 13.5. The molecule has 3 fully saturated rings. The van der Waals surface area contributed by atoms with E-state index >= 15 is 0 Å². The van der Waals surface area contributed by atoms with E-state index in [1.807, 2.05) is 11.9 Å². The van der Waals surface area contributed by atoms with E-state index in [1.54, 1.807) is 17.1 Å². The molecule has 138 valence electrons. The third-order valence-electron chi connectivity index (χ3n) is 5.82. The van der Waals surface area contributed by atoms with Crippen LogP contribution in [0.15, 0.2) is 16.8 Å². The molecule has 8 nitrogen and oxygen atoms in total. The van der Waals surface area contributed by atoms with Crippen molar-refractivity contribution < 1.29 is 13.9 Å². The van der Waals surface area contributed by atoms with Crippen LogP contribution in [-0.2, 0) is 18.2 Å². The summed E-state index contributed by atoms with van der Waals surface area (Å²) >= 11 is 0. The highest BCUT2D eigenvalue weighted by atomic mass is 16.5. The van der Waals surface area contributed by atoms with E-state index < -0.39 is 0 Å². The van der Waals surface area contributed by atoms with E-state index in [4.69, 9.17) is 9.15 Å². The molecule has 2 aromatic heterocycles. The van der Waals surface area contributed by atoms with Crippen molar-refractivity contribution in [1.82, 2.24) is 24.9 Å². The average Bonchev–Trinajstić information content (AvgIpc) is 3.04. The highest BCUT2D eigenvalue weighted by molar-refractivity contribution is 5.93. The second-order valence-corrected chi connectivity index (χ2v) is 7.75. The molecular weight excluding hydrogens is 334 g/mol. The zero-order chi connectivity index (χ0) is 17.7. The van der Waals surface area contributed by atoms with Gasteiger partial charge in [-0.05, 0) is 25.2 Å². The molecule has 26 heavy (non-hydrogen) atoms. The van der Waals surface area contributed by atoms with Crippen LogP contribution in [0, 0.1) is 11.8 Å². The van der Waals surface area contributed by atoms with Gasteiger partial charge in [-0.3, -0.25) is 9.48 Å². The first-order valence-corrected chi connectivity index (χ1v) is 9.39. The molecule has 4 heterocycles. The molecule has 2 aromatic rings. The zero-order valence-corrected chi connectivity index (χ0v) is 14.9. The van der Waals surface area contributed by atoms with Gasteiger partial charge in [-0.25, -0.2) is 0 Å². The molecule has 1 amide bonds. The number of piperidine rings is 1. The van der Waals surface area contributed by atoms with Crippen molar-refractivity contribution in [3.63, 3.8) is 0 Å². The van der Waals surface area contributed by atoms with Crippen LogP contribution in [0.1, 0.15) is 47.3 Å². The first-order valence-electron chi connectivity index (χ1n) is 9.39. The van der Waals surface area contributed by atoms with Crippen molar-refractivity contribution >= 4 is 5.91 Å². The quantitative estimate of drug-likeness (QED) is 0.822. The third kappa shape index (κ3) is 2.92. The number of aryl methyl sites for hydroxylation is 1. The average molecular weight is 357 g/mol. The van der Waals surface area contributed by atoms with Crippen LogP contribution in [0.3, 0.4) is 0 Å². The molecule has 0 aromatic carbocycles. The van der Waals surface area contributed by atoms with Gasteiger partial charge in [0.15, 0.2) is 0 Å². The van der Waals surface area contributed by atoms with Gasteiger partial charge in [0.05, 0.1) is 30.9 Å². The molecule has 0 unspecified atom stereocenters. The number of hydrogen-bond acceptors (Lipinski definition) is 6. The predicted molar refractivity (Wildman–Crippen MR) is 90.4 cm³/mol. The van der Waals surface area contributed by atoms with Gasteiger partial charge in [0.1, 0.15) is 0 Å². The van der Waals surface area contributed by atoms with Crippen molar-refractivity contribution in [1.29, 1.82) is 0 Å². The van der Waals surface area contributed by atoms with Crippen LogP contribution >= 0.6 is 0 Å². The number of amides is 1. The fraction of sp³-hybridized carbons (Fsp3) is 0.667. The summed E-state index contributed by atoms with van der Waals surface area (Å²) in [5, 5.41) is 12.5. The fourth-order valence-electron chi connectivity index (χ4n) is 4.21. The lowest BCUT2D eigenvalue weighted by atomic mass is 9.83. The fourth-order valence-corrected chi connectivity index (χ4v) is 4.21. The van der Waals surface area contributed by atoms with Crippen molar-refractivity contribution in [2.75, 3.05) is 19.7 Å². The van der Waals surface area contributed by atoms with Gasteiger partial charge in [-0.15, -0.1) is 10.2 Å². The first-order chi connectivity index (χ1) is 12.7. The summed E-state index contributed by atoms with van der Waals surface area (Å²) in [5.74, 6) is 2.84. The summed E-state index contributed by atoms with van der Waals surface area (Å²) in [6.07, 6.45) is 7.47. The summed E-state index contributed by atoms with van der Waals surface area (Å²) in [7, 11) is 1.82. The van der Waals surface area contributed by atoms with Crippen LogP contribution in [0.25, 0.3) is 0 Å². The molecule has 2 saturated heterocycles. The van der Waals surface area contributed by atoms with Crippen LogP contribution in [0.5, 0.6) is 0 Å². The highest BCUT2D eigenvalue weighted by Gasteiger charge is 2.42. The number of hydrogen-bond donors (Lipinski definition) is 0. The Balaban J connectivity index is 1.21. The maximum Gasteiger partial charge on any atom is 0.257 e.